The van der Waals surface area contributed by atoms with E-state index in [4.69, 9.17) is 9.26 Å². The van der Waals surface area contributed by atoms with Crippen molar-refractivity contribution < 1.29 is 9.26 Å². The first-order valence-electron chi connectivity index (χ1n) is 5.58. The van der Waals surface area contributed by atoms with Crippen LogP contribution >= 0.6 is 11.3 Å². The van der Waals surface area contributed by atoms with Crippen molar-refractivity contribution in [2.45, 2.75) is 12.5 Å². The van der Waals surface area contributed by atoms with E-state index in [0.29, 0.717) is 12.5 Å². The van der Waals surface area contributed by atoms with Gasteiger partial charge in [-0.2, -0.15) is 4.98 Å². The number of nitrogens with zero attached hydrogens (tertiary/aromatic N) is 2. The maximum absolute atomic E-state index is 5.36. The van der Waals surface area contributed by atoms with Crippen LogP contribution in [0.5, 0.6) is 0 Å². The predicted molar refractivity (Wildman–Crippen MR) is 63.0 cm³/mol. The van der Waals surface area contributed by atoms with E-state index in [0.717, 1.165) is 25.4 Å². The Morgan fingerprint density at radius 3 is 3.29 bits per heavy atom. The molecular weight excluding hydrogens is 238 g/mol. The first-order chi connectivity index (χ1) is 8.42. The minimum absolute atomic E-state index is 0.0355. The summed E-state index contributed by atoms with van der Waals surface area (Å²) in [6.45, 7) is 2.17. The number of rotatable bonds is 3. The molecule has 2 aromatic heterocycles. The third-order valence-electron chi connectivity index (χ3n) is 2.62. The molecule has 1 aliphatic rings. The lowest BCUT2D eigenvalue weighted by atomic mass is 10.3. The van der Waals surface area contributed by atoms with Crippen LogP contribution in [0.4, 0.5) is 0 Å². The Morgan fingerprint density at radius 2 is 2.53 bits per heavy atom. The average molecular weight is 251 g/mol. The van der Waals surface area contributed by atoms with E-state index in [-0.39, 0.29) is 6.04 Å². The zero-order valence-electron chi connectivity index (χ0n) is 9.26. The third-order valence-corrected chi connectivity index (χ3v) is 3.49. The Balaban J connectivity index is 1.69. The molecule has 0 aliphatic carbocycles. The summed E-state index contributed by atoms with van der Waals surface area (Å²) < 4.78 is 10.6. The molecule has 1 fully saturated rings. The molecule has 3 rings (SSSR count). The number of ether oxygens (including phenoxy) is 1. The number of thiophene rings is 1. The molecule has 1 aliphatic heterocycles. The van der Waals surface area contributed by atoms with Gasteiger partial charge in [0.25, 0.3) is 0 Å². The van der Waals surface area contributed by atoms with Gasteiger partial charge in [-0.25, -0.2) is 0 Å². The van der Waals surface area contributed by atoms with Crippen LogP contribution in [-0.2, 0) is 11.2 Å². The quantitative estimate of drug-likeness (QED) is 0.893. The SMILES string of the molecule is c1csc(Cc2noc(C3COCCN3)n2)c1. The monoisotopic (exact) mass is 251 g/mol. The van der Waals surface area contributed by atoms with Crippen LogP contribution in [0, 0.1) is 0 Å². The van der Waals surface area contributed by atoms with Crippen molar-refractivity contribution in [2.24, 2.45) is 0 Å². The first kappa shape index (κ1) is 10.9. The molecule has 0 amide bonds. The zero-order chi connectivity index (χ0) is 11.5. The third kappa shape index (κ3) is 2.54. The summed E-state index contributed by atoms with van der Waals surface area (Å²) in [6.07, 6.45) is 0.731. The summed E-state index contributed by atoms with van der Waals surface area (Å²) in [5.41, 5.74) is 0. The van der Waals surface area contributed by atoms with Gasteiger partial charge in [-0.3, -0.25) is 0 Å². The van der Waals surface area contributed by atoms with E-state index in [1.807, 2.05) is 11.4 Å². The minimum atomic E-state index is 0.0355. The fourth-order valence-electron chi connectivity index (χ4n) is 1.77. The van der Waals surface area contributed by atoms with E-state index in [9.17, 15) is 0 Å². The van der Waals surface area contributed by atoms with Gasteiger partial charge in [0.1, 0.15) is 6.04 Å². The second-order valence-corrected chi connectivity index (χ2v) is 4.92. The Morgan fingerprint density at radius 1 is 1.53 bits per heavy atom. The van der Waals surface area contributed by atoms with E-state index < -0.39 is 0 Å². The minimum Gasteiger partial charge on any atom is -0.378 e. The molecule has 3 heterocycles. The van der Waals surface area contributed by atoms with Gasteiger partial charge in [0.05, 0.1) is 13.2 Å². The van der Waals surface area contributed by atoms with E-state index in [2.05, 4.69) is 21.5 Å². The highest BCUT2D eigenvalue weighted by Crippen LogP contribution is 2.16. The van der Waals surface area contributed by atoms with Crippen molar-refractivity contribution in [3.8, 4) is 0 Å². The second-order valence-electron chi connectivity index (χ2n) is 3.89. The number of hydrogen-bond donors (Lipinski definition) is 1. The fraction of sp³-hybridized carbons (Fsp3) is 0.455. The summed E-state index contributed by atoms with van der Waals surface area (Å²) in [5, 5.41) is 9.33. The molecule has 0 spiro atoms. The Bertz CT molecular complexity index is 463. The molecule has 6 heteroatoms. The molecule has 0 radical (unpaired) electrons. The zero-order valence-corrected chi connectivity index (χ0v) is 10.1. The van der Waals surface area contributed by atoms with Crippen molar-refractivity contribution in [3.63, 3.8) is 0 Å². The van der Waals surface area contributed by atoms with Crippen LogP contribution in [0.1, 0.15) is 22.6 Å². The van der Waals surface area contributed by atoms with E-state index in [1.54, 1.807) is 11.3 Å². The van der Waals surface area contributed by atoms with Crippen LogP contribution in [0.15, 0.2) is 22.0 Å². The van der Waals surface area contributed by atoms with Crippen molar-refractivity contribution >= 4 is 11.3 Å². The topological polar surface area (TPSA) is 60.2 Å². The van der Waals surface area contributed by atoms with Gasteiger partial charge in [0.2, 0.25) is 5.89 Å². The molecule has 0 bridgehead atoms. The summed E-state index contributed by atoms with van der Waals surface area (Å²) >= 11 is 1.70. The van der Waals surface area contributed by atoms with Crippen molar-refractivity contribution in [3.05, 3.63) is 34.1 Å². The first-order valence-corrected chi connectivity index (χ1v) is 6.46. The van der Waals surface area contributed by atoms with Gasteiger partial charge < -0.3 is 14.6 Å². The van der Waals surface area contributed by atoms with Crippen molar-refractivity contribution in [1.29, 1.82) is 0 Å². The van der Waals surface area contributed by atoms with E-state index >= 15 is 0 Å². The highest BCUT2D eigenvalue weighted by molar-refractivity contribution is 7.09. The standard InChI is InChI=1S/C11H13N3O2S/c1-2-8(17-5-1)6-10-13-11(16-14-10)9-7-15-4-3-12-9/h1-2,5,9,12H,3-4,6-7H2. The number of nitrogens with one attached hydrogen (secondary N) is 1. The molecule has 2 aromatic rings. The molecule has 0 saturated carbocycles. The Hall–Kier alpha value is -1.24. The molecular formula is C11H13N3O2S. The van der Waals surface area contributed by atoms with Gasteiger partial charge in [-0.15, -0.1) is 11.3 Å². The lowest BCUT2D eigenvalue weighted by molar-refractivity contribution is 0.0659. The van der Waals surface area contributed by atoms with Crippen molar-refractivity contribution in [1.82, 2.24) is 15.5 Å². The van der Waals surface area contributed by atoms with Crippen LogP contribution in [-0.4, -0.2) is 29.9 Å². The molecule has 1 atom stereocenters. The summed E-state index contributed by atoms with van der Waals surface area (Å²) in [4.78, 5) is 5.64. The Labute approximate surface area is 103 Å². The molecule has 0 aromatic carbocycles. The molecule has 1 N–H and O–H groups in total. The van der Waals surface area contributed by atoms with Crippen molar-refractivity contribution in [2.75, 3.05) is 19.8 Å². The molecule has 5 nitrogen and oxygen atoms in total. The van der Waals surface area contributed by atoms with Gasteiger partial charge in [-0.1, -0.05) is 11.2 Å². The van der Waals surface area contributed by atoms with Crippen LogP contribution in [0.2, 0.25) is 0 Å². The molecule has 17 heavy (non-hydrogen) atoms. The van der Waals surface area contributed by atoms with Gasteiger partial charge >= 0.3 is 0 Å². The summed E-state index contributed by atoms with van der Waals surface area (Å²) in [5.74, 6) is 1.35. The van der Waals surface area contributed by atoms with Crippen LogP contribution < -0.4 is 5.32 Å². The molecule has 1 saturated heterocycles. The van der Waals surface area contributed by atoms with Crippen LogP contribution in [0.25, 0.3) is 0 Å². The normalized spacial score (nSPS) is 20.6. The molecule has 1 unspecified atom stereocenters. The predicted octanol–water partition coefficient (Wildman–Crippen LogP) is 1.38. The smallest absolute Gasteiger partial charge is 0.246 e. The summed E-state index contributed by atoms with van der Waals surface area (Å²) in [6, 6.07) is 4.13. The number of morpholine rings is 1. The molecule has 90 valence electrons. The van der Waals surface area contributed by atoms with Gasteiger partial charge in [0, 0.05) is 17.8 Å². The second kappa shape index (κ2) is 4.95. The van der Waals surface area contributed by atoms with Crippen LogP contribution in [0.3, 0.4) is 0 Å². The van der Waals surface area contributed by atoms with Gasteiger partial charge in [0.15, 0.2) is 5.82 Å². The lowest BCUT2D eigenvalue weighted by Crippen LogP contribution is -2.34. The highest BCUT2D eigenvalue weighted by atomic mass is 32.1. The highest BCUT2D eigenvalue weighted by Gasteiger charge is 2.21. The fourth-order valence-corrected chi connectivity index (χ4v) is 2.48. The number of aromatic nitrogens is 2. The van der Waals surface area contributed by atoms with E-state index in [1.165, 1.54) is 4.88 Å². The number of hydrogen-bond acceptors (Lipinski definition) is 6. The Kier molecular flexibility index (Phi) is 3.17. The maximum atomic E-state index is 5.36. The lowest BCUT2D eigenvalue weighted by Gasteiger charge is -2.20. The van der Waals surface area contributed by atoms with Gasteiger partial charge in [-0.05, 0) is 11.4 Å². The largest absolute Gasteiger partial charge is 0.378 e. The average Bonchev–Trinajstić information content (AvgIpc) is 3.02. The summed E-state index contributed by atoms with van der Waals surface area (Å²) in [7, 11) is 0. The maximum Gasteiger partial charge on any atom is 0.246 e.